The van der Waals surface area contributed by atoms with E-state index >= 15 is 0 Å². The van der Waals surface area contributed by atoms with E-state index in [0.29, 0.717) is 25.7 Å². The Hall–Kier alpha value is -1.94. The molecule has 6 atom stereocenters. The van der Waals surface area contributed by atoms with Gasteiger partial charge in [0.15, 0.2) is 12.2 Å². The van der Waals surface area contributed by atoms with Crippen molar-refractivity contribution in [2.45, 2.75) is 432 Å². The molecule has 0 fully saturated rings. The van der Waals surface area contributed by atoms with Gasteiger partial charge >= 0.3 is 39.5 Å². The molecule has 0 aliphatic rings. The Balaban J connectivity index is 5.23. The molecule has 3 N–H and O–H groups in total. The highest BCUT2D eigenvalue weighted by Gasteiger charge is 2.30. The van der Waals surface area contributed by atoms with Gasteiger partial charge in [-0.15, -0.1) is 0 Å². The normalized spacial score (nSPS) is 14.2. The van der Waals surface area contributed by atoms with Gasteiger partial charge in [-0.25, -0.2) is 9.13 Å². The number of ether oxygens (including phenoxy) is 4. The third kappa shape index (κ3) is 70.9. The highest BCUT2D eigenvalue weighted by molar-refractivity contribution is 7.47. The van der Waals surface area contributed by atoms with Gasteiger partial charge in [0.2, 0.25) is 0 Å². The van der Waals surface area contributed by atoms with E-state index in [2.05, 4.69) is 34.6 Å². The number of aliphatic hydroxyl groups is 1. The van der Waals surface area contributed by atoms with Gasteiger partial charge in [0.1, 0.15) is 19.3 Å². The van der Waals surface area contributed by atoms with Crippen LogP contribution in [0.5, 0.6) is 0 Å². The number of carbonyl (C=O) groups is 4. The molecule has 17 nitrogen and oxygen atoms in total. The maximum Gasteiger partial charge on any atom is 0.472 e. The SMILES string of the molecule is CCCCCCCCCCCCCCCCCCCCC(=O)O[C@H](COC(=O)CCCCCCCCCCCCCCCCCC)COP(=O)(O)OC[C@@H](O)COP(=O)(O)OC[C@@H](COC(=O)CCCCCCCCCCC)OC(=O)CCCCCCCCCCCCC(C)CC. The quantitative estimate of drug-likeness (QED) is 0.0222. The summed E-state index contributed by atoms with van der Waals surface area (Å²) in [4.78, 5) is 72.9. The largest absolute Gasteiger partial charge is 0.472 e. The fraction of sp³-hybridized carbons (Fsp3) is 0.949. The molecule has 3 unspecified atom stereocenters. The summed E-state index contributed by atoms with van der Waals surface area (Å²) in [5.74, 6) is -1.31. The number of unbranched alkanes of at least 4 members (excludes halogenated alkanes) is 49. The molecule has 0 radical (unpaired) electrons. The molecule has 19 heteroatoms. The maximum absolute atomic E-state index is 13.1. The molecular weight excluding hydrogens is 1270 g/mol. The molecule has 97 heavy (non-hydrogen) atoms. The van der Waals surface area contributed by atoms with Gasteiger partial charge in [0.05, 0.1) is 26.4 Å². The van der Waals surface area contributed by atoms with Crippen molar-refractivity contribution in [2.75, 3.05) is 39.6 Å². The summed E-state index contributed by atoms with van der Waals surface area (Å²) >= 11 is 0. The number of phosphoric ester groups is 2. The Morgan fingerprint density at radius 2 is 0.495 bits per heavy atom. The predicted octanol–water partition coefficient (Wildman–Crippen LogP) is 23.3. The van der Waals surface area contributed by atoms with Crippen molar-refractivity contribution < 1.29 is 80.2 Å². The molecule has 0 saturated heterocycles. The van der Waals surface area contributed by atoms with Crippen LogP contribution in [0.4, 0.5) is 0 Å². The van der Waals surface area contributed by atoms with E-state index in [9.17, 15) is 43.2 Å². The van der Waals surface area contributed by atoms with Crippen molar-refractivity contribution in [1.29, 1.82) is 0 Å². The highest BCUT2D eigenvalue weighted by atomic mass is 31.2. The van der Waals surface area contributed by atoms with Crippen LogP contribution in [-0.4, -0.2) is 96.7 Å². The van der Waals surface area contributed by atoms with Crippen LogP contribution in [0.25, 0.3) is 0 Å². The van der Waals surface area contributed by atoms with E-state index in [-0.39, 0.29) is 25.7 Å². The van der Waals surface area contributed by atoms with Gasteiger partial charge in [0.25, 0.3) is 0 Å². The van der Waals surface area contributed by atoms with Crippen LogP contribution in [-0.2, 0) is 65.4 Å². The van der Waals surface area contributed by atoms with Gasteiger partial charge in [-0.2, -0.15) is 0 Å². The fourth-order valence-corrected chi connectivity index (χ4v) is 13.6. The number of esters is 4. The third-order valence-corrected chi connectivity index (χ3v) is 20.5. The highest BCUT2D eigenvalue weighted by Crippen LogP contribution is 2.45. The number of hydrogen-bond acceptors (Lipinski definition) is 15. The molecule has 0 aromatic heterocycles. The molecule has 0 spiro atoms. The van der Waals surface area contributed by atoms with E-state index in [1.165, 1.54) is 238 Å². The Morgan fingerprint density at radius 1 is 0.289 bits per heavy atom. The maximum atomic E-state index is 13.1. The lowest BCUT2D eigenvalue weighted by atomic mass is 9.99. The lowest BCUT2D eigenvalue weighted by Gasteiger charge is -2.21. The minimum atomic E-state index is -4.96. The van der Waals surface area contributed by atoms with Crippen molar-refractivity contribution in [3.8, 4) is 0 Å². The molecule has 576 valence electrons. The number of carbonyl (C=O) groups excluding carboxylic acids is 4. The number of rotatable bonds is 78. The van der Waals surface area contributed by atoms with E-state index < -0.39 is 97.5 Å². The first-order chi connectivity index (χ1) is 47.1. The molecule has 0 heterocycles. The Bertz CT molecular complexity index is 1860. The van der Waals surface area contributed by atoms with E-state index in [4.69, 9.17) is 37.0 Å². The van der Waals surface area contributed by atoms with Crippen LogP contribution in [0.2, 0.25) is 0 Å². The van der Waals surface area contributed by atoms with Gasteiger partial charge in [0, 0.05) is 25.7 Å². The lowest BCUT2D eigenvalue weighted by molar-refractivity contribution is -0.161. The summed E-state index contributed by atoms with van der Waals surface area (Å²) in [6.45, 7) is 7.32. The van der Waals surface area contributed by atoms with Crippen LogP contribution in [0.1, 0.15) is 413 Å². The predicted molar refractivity (Wildman–Crippen MR) is 395 cm³/mol. The average molecular weight is 1420 g/mol. The summed E-state index contributed by atoms with van der Waals surface area (Å²) < 4.78 is 68.6. The van der Waals surface area contributed by atoms with E-state index in [1.807, 2.05) is 0 Å². The van der Waals surface area contributed by atoms with Gasteiger partial charge in [-0.3, -0.25) is 37.3 Å². The molecule has 0 rings (SSSR count). The van der Waals surface area contributed by atoms with Crippen LogP contribution in [0, 0.1) is 5.92 Å². The number of phosphoric acid groups is 2. The molecule has 0 amide bonds. The molecular formula is C78H152O17P2. The Labute approximate surface area is 594 Å². The summed E-state index contributed by atoms with van der Waals surface area (Å²) in [7, 11) is -9.91. The second-order valence-electron chi connectivity index (χ2n) is 28.3. The zero-order valence-electron chi connectivity index (χ0n) is 63.2. The number of aliphatic hydroxyl groups excluding tert-OH is 1. The van der Waals surface area contributed by atoms with Crippen molar-refractivity contribution in [1.82, 2.24) is 0 Å². The monoisotopic (exact) mass is 1420 g/mol. The van der Waals surface area contributed by atoms with Crippen molar-refractivity contribution in [3.63, 3.8) is 0 Å². The molecule has 0 aromatic rings. The fourth-order valence-electron chi connectivity index (χ4n) is 12.0. The zero-order valence-corrected chi connectivity index (χ0v) is 65.0. The van der Waals surface area contributed by atoms with E-state index in [1.54, 1.807) is 0 Å². The minimum Gasteiger partial charge on any atom is -0.462 e. The Morgan fingerprint density at radius 3 is 0.732 bits per heavy atom. The van der Waals surface area contributed by atoms with Crippen LogP contribution < -0.4 is 0 Å². The third-order valence-electron chi connectivity index (χ3n) is 18.6. The standard InChI is InChI=1S/C78H152O17P2/c1-6-10-13-16-19-22-24-26-28-30-31-33-35-37-43-48-53-58-63-77(82)94-74(68-89-76(81)62-57-52-47-42-36-34-32-29-27-25-23-20-17-14-11-7-2)70-93-97(86,87)91-66-72(79)65-90-96(84,85)92-69-73(67-88-75(80)61-56-51-46-40-21-18-15-12-8-3)95-78(83)64-59-54-49-44-39-38-41-45-50-55-60-71(5)9-4/h71-74,79H,6-70H2,1-5H3,(H,84,85)(H,86,87)/t71?,72-,73+,74+/m0/s1. The smallest absolute Gasteiger partial charge is 0.462 e. The first-order valence-electron chi connectivity index (χ1n) is 40.7. The average Bonchev–Trinajstić information content (AvgIpc) is 1.50. The topological polar surface area (TPSA) is 237 Å². The summed E-state index contributed by atoms with van der Waals surface area (Å²) in [6.07, 6.45) is 60.9. The molecule has 0 aliphatic heterocycles. The van der Waals surface area contributed by atoms with Gasteiger partial charge < -0.3 is 33.8 Å². The molecule has 0 aromatic carbocycles. The molecule has 0 saturated carbocycles. The van der Waals surface area contributed by atoms with Crippen LogP contribution in [0.3, 0.4) is 0 Å². The van der Waals surface area contributed by atoms with Crippen LogP contribution >= 0.6 is 15.6 Å². The second-order valence-corrected chi connectivity index (χ2v) is 31.3. The minimum absolute atomic E-state index is 0.107. The first-order valence-corrected chi connectivity index (χ1v) is 43.7. The molecule has 0 aliphatic carbocycles. The van der Waals surface area contributed by atoms with E-state index in [0.717, 1.165) is 95.8 Å². The number of hydrogen-bond donors (Lipinski definition) is 3. The Kier molecular flexibility index (Phi) is 69.6. The van der Waals surface area contributed by atoms with Gasteiger partial charge in [-0.1, -0.05) is 362 Å². The van der Waals surface area contributed by atoms with Gasteiger partial charge in [-0.05, 0) is 31.6 Å². The first kappa shape index (κ1) is 95.1. The lowest BCUT2D eigenvalue weighted by Crippen LogP contribution is -2.30. The second kappa shape index (κ2) is 71.1. The van der Waals surface area contributed by atoms with Crippen LogP contribution in [0.15, 0.2) is 0 Å². The van der Waals surface area contributed by atoms with Crippen molar-refractivity contribution in [2.24, 2.45) is 5.92 Å². The van der Waals surface area contributed by atoms with Crippen molar-refractivity contribution >= 4 is 39.5 Å². The molecule has 0 bridgehead atoms. The summed E-state index contributed by atoms with van der Waals surface area (Å²) in [6, 6.07) is 0. The summed E-state index contributed by atoms with van der Waals surface area (Å²) in [5.41, 5.74) is 0. The zero-order chi connectivity index (χ0) is 71.2. The summed E-state index contributed by atoms with van der Waals surface area (Å²) in [5, 5.41) is 10.6. The van der Waals surface area contributed by atoms with Crippen molar-refractivity contribution in [3.05, 3.63) is 0 Å².